The van der Waals surface area contributed by atoms with Gasteiger partial charge in [-0.25, -0.2) is 0 Å². The van der Waals surface area contributed by atoms with Gasteiger partial charge in [0.05, 0.1) is 6.54 Å². The van der Waals surface area contributed by atoms with Gasteiger partial charge in [0.25, 0.3) is 0 Å². The molecule has 0 aromatic rings. The molecule has 0 aromatic heterocycles. The predicted molar refractivity (Wildman–Crippen MR) is 35.9 cm³/mol. The Morgan fingerprint density at radius 3 is 3.56 bits per heavy atom. The molecule has 0 bridgehead atoms. The molecule has 9 heavy (non-hydrogen) atoms. The number of fused-ring (bicyclic) bond motifs is 1. The monoisotopic (exact) mass is 118 g/mol. The van der Waals surface area contributed by atoms with Crippen molar-refractivity contribution >= 4 is 5.84 Å². The Kier molecular flexibility index (Phi) is 0.837. The topological polar surface area (TPSA) is 15.6 Å². The highest BCUT2D eigenvalue weighted by molar-refractivity contribution is 6.01. The average molecular weight is 118 g/mol. The molecule has 0 atom stereocenters. The lowest BCUT2D eigenvalue weighted by atomic mass is 10.4. The fraction of sp³-hybridized carbons (Fsp3) is 0.286. The number of amidine groups is 1. The van der Waals surface area contributed by atoms with E-state index in [2.05, 4.69) is 21.7 Å². The molecule has 2 heterocycles. The summed E-state index contributed by atoms with van der Waals surface area (Å²) in [6.07, 6.45) is 3.83. The first-order chi connectivity index (χ1) is 4.47. The molecule has 2 aliphatic heterocycles. The van der Waals surface area contributed by atoms with Gasteiger partial charge < -0.3 is 4.90 Å². The second-order valence-corrected chi connectivity index (χ2v) is 1.98. The molecular weight excluding hydrogens is 112 g/mol. The van der Waals surface area contributed by atoms with Crippen LogP contribution in [0, 0.1) is 11.8 Å². The predicted octanol–water partition coefficient (Wildman–Crippen LogP) is 0.231. The molecule has 0 fully saturated rings. The molecule has 2 rings (SSSR count). The van der Waals surface area contributed by atoms with Gasteiger partial charge in [0.2, 0.25) is 0 Å². The smallest absolute Gasteiger partial charge is 0.181 e. The van der Waals surface area contributed by atoms with Crippen molar-refractivity contribution in [2.45, 2.75) is 0 Å². The minimum absolute atomic E-state index is 0.897. The first-order valence-electron chi connectivity index (χ1n) is 2.96. The molecule has 2 nitrogen and oxygen atoms in total. The number of hydrogen-bond acceptors (Lipinski definition) is 2. The SMILES string of the molecule is C1#CC2=NCCN2C=C1. The lowest BCUT2D eigenvalue weighted by molar-refractivity contribution is 0.614. The van der Waals surface area contributed by atoms with Crippen LogP contribution < -0.4 is 0 Å². The van der Waals surface area contributed by atoms with Gasteiger partial charge in [-0.2, -0.15) is 0 Å². The van der Waals surface area contributed by atoms with Crippen LogP contribution in [-0.4, -0.2) is 23.8 Å². The Morgan fingerprint density at radius 1 is 1.67 bits per heavy atom. The van der Waals surface area contributed by atoms with Gasteiger partial charge in [0.15, 0.2) is 5.84 Å². The van der Waals surface area contributed by atoms with E-state index in [0.717, 1.165) is 18.9 Å². The number of rotatable bonds is 0. The van der Waals surface area contributed by atoms with Crippen molar-refractivity contribution in [1.29, 1.82) is 0 Å². The largest absolute Gasteiger partial charge is 0.324 e. The Bertz CT molecular complexity index is 239. The summed E-state index contributed by atoms with van der Waals surface area (Å²) in [7, 11) is 0. The minimum Gasteiger partial charge on any atom is -0.324 e. The van der Waals surface area contributed by atoms with Crippen LogP contribution >= 0.6 is 0 Å². The molecular formula is C7H6N2. The summed E-state index contributed by atoms with van der Waals surface area (Å²) < 4.78 is 0. The van der Waals surface area contributed by atoms with Crippen LogP contribution in [0.3, 0.4) is 0 Å². The van der Waals surface area contributed by atoms with E-state index in [1.165, 1.54) is 0 Å². The lowest BCUT2D eigenvalue weighted by Gasteiger charge is -2.10. The van der Waals surface area contributed by atoms with Crippen LogP contribution in [-0.2, 0) is 0 Å². The quantitative estimate of drug-likeness (QED) is 0.416. The molecule has 0 N–H and O–H groups in total. The van der Waals surface area contributed by atoms with E-state index >= 15 is 0 Å². The number of nitrogens with zero attached hydrogens (tertiary/aromatic N) is 2. The molecule has 2 heteroatoms. The van der Waals surface area contributed by atoms with Crippen LogP contribution in [0.1, 0.15) is 0 Å². The summed E-state index contributed by atoms with van der Waals surface area (Å²) in [6.45, 7) is 1.90. The third kappa shape index (κ3) is 0.619. The molecule has 0 amide bonds. The van der Waals surface area contributed by atoms with Gasteiger partial charge in [0.1, 0.15) is 0 Å². The van der Waals surface area contributed by atoms with E-state index in [-0.39, 0.29) is 0 Å². The van der Waals surface area contributed by atoms with Crippen molar-refractivity contribution in [2.75, 3.05) is 13.1 Å². The first-order valence-corrected chi connectivity index (χ1v) is 2.96. The third-order valence-electron chi connectivity index (χ3n) is 1.40. The fourth-order valence-corrected chi connectivity index (χ4v) is 0.950. The van der Waals surface area contributed by atoms with Crippen LogP contribution in [0.4, 0.5) is 0 Å². The summed E-state index contributed by atoms with van der Waals surface area (Å²) in [5, 5.41) is 0. The Morgan fingerprint density at radius 2 is 2.67 bits per heavy atom. The van der Waals surface area contributed by atoms with Crippen LogP contribution in [0.25, 0.3) is 0 Å². The van der Waals surface area contributed by atoms with E-state index in [1.54, 1.807) is 0 Å². The van der Waals surface area contributed by atoms with Crippen LogP contribution in [0.15, 0.2) is 17.3 Å². The van der Waals surface area contributed by atoms with Crippen molar-refractivity contribution in [3.05, 3.63) is 12.3 Å². The van der Waals surface area contributed by atoms with E-state index in [4.69, 9.17) is 0 Å². The summed E-state index contributed by atoms with van der Waals surface area (Å²) in [6, 6.07) is 0. The van der Waals surface area contributed by atoms with Crippen LogP contribution in [0.2, 0.25) is 0 Å². The Labute approximate surface area is 53.9 Å². The van der Waals surface area contributed by atoms with Crippen molar-refractivity contribution in [1.82, 2.24) is 4.90 Å². The Balaban J connectivity index is 2.39. The average Bonchev–Trinajstić information content (AvgIpc) is 2.33. The van der Waals surface area contributed by atoms with E-state index < -0.39 is 0 Å². The highest BCUT2D eigenvalue weighted by Crippen LogP contribution is 2.03. The molecule has 2 aliphatic rings. The summed E-state index contributed by atoms with van der Waals surface area (Å²) in [5.74, 6) is 6.70. The van der Waals surface area contributed by atoms with Gasteiger partial charge in [-0.3, -0.25) is 4.99 Å². The molecule has 44 valence electrons. The van der Waals surface area contributed by atoms with Gasteiger partial charge in [0, 0.05) is 18.8 Å². The van der Waals surface area contributed by atoms with E-state index in [9.17, 15) is 0 Å². The molecule has 0 spiro atoms. The van der Waals surface area contributed by atoms with Crippen LogP contribution in [0.5, 0.6) is 0 Å². The first kappa shape index (κ1) is 4.63. The maximum absolute atomic E-state index is 4.18. The number of allylic oxidation sites excluding steroid dienone is 1. The standard InChI is InChI=1S/C7H6N2/c1-2-5-9-6-4-8-7(9)3-1/h2,5H,4,6H2. The van der Waals surface area contributed by atoms with Gasteiger partial charge in [-0.15, -0.1) is 0 Å². The number of aliphatic imine (C=N–C) groups is 1. The number of hydrogen-bond donors (Lipinski definition) is 0. The Hall–Kier alpha value is -1.23. The second kappa shape index (κ2) is 1.63. The highest BCUT2D eigenvalue weighted by atomic mass is 15.2. The molecule has 0 aromatic carbocycles. The zero-order valence-electron chi connectivity index (χ0n) is 4.96. The van der Waals surface area contributed by atoms with Gasteiger partial charge in [-0.05, 0) is 5.92 Å². The summed E-state index contributed by atoms with van der Waals surface area (Å²) in [5.41, 5.74) is 0. The highest BCUT2D eigenvalue weighted by Gasteiger charge is 2.12. The molecule has 0 unspecified atom stereocenters. The zero-order chi connectivity index (χ0) is 6.10. The normalized spacial score (nSPS) is 20.4. The van der Waals surface area contributed by atoms with Crippen molar-refractivity contribution in [2.24, 2.45) is 4.99 Å². The van der Waals surface area contributed by atoms with Crippen molar-refractivity contribution in [3.8, 4) is 11.8 Å². The summed E-state index contributed by atoms with van der Waals surface area (Å²) in [4.78, 5) is 6.24. The maximum atomic E-state index is 4.18. The van der Waals surface area contributed by atoms with E-state index in [0.29, 0.717) is 0 Å². The van der Waals surface area contributed by atoms with Crippen molar-refractivity contribution in [3.63, 3.8) is 0 Å². The van der Waals surface area contributed by atoms with Crippen molar-refractivity contribution < 1.29 is 0 Å². The molecule has 0 radical (unpaired) electrons. The maximum Gasteiger partial charge on any atom is 0.181 e. The molecule has 0 aliphatic carbocycles. The third-order valence-corrected chi connectivity index (χ3v) is 1.40. The zero-order valence-corrected chi connectivity index (χ0v) is 4.96. The molecule has 0 saturated carbocycles. The second-order valence-electron chi connectivity index (χ2n) is 1.98. The van der Waals surface area contributed by atoms with E-state index in [1.807, 2.05) is 12.3 Å². The summed E-state index contributed by atoms with van der Waals surface area (Å²) >= 11 is 0. The minimum atomic E-state index is 0.897. The van der Waals surface area contributed by atoms with Gasteiger partial charge in [-0.1, -0.05) is 5.92 Å². The van der Waals surface area contributed by atoms with Gasteiger partial charge >= 0.3 is 0 Å². The lowest BCUT2D eigenvalue weighted by Crippen LogP contribution is -2.21. The fourth-order valence-electron chi connectivity index (χ4n) is 0.950. The molecule has 0 saturated heterocycles.